The van der Waals surface area contributed by atoms with Gasteiger partial charge in [0.15, 0.2) is 0 Å². The summed E-state index contributed by atoms with van der Waals surface area (Å²) in [4.78, 5) is 18.1. The van der Waals surface area contributed by atoms with Crippen LogP contribution in [0.1, 0.15) is 30.3 Å². The first-order valence-electron chi connectivity index (χ1n) is 8.24. The monoisotopic (exact) mass is 355 g/mol. The molecule has 0 N–H and O–H groups in total. The first-order valence-corrected chi connectivity index (χ1v) is 8.24. The van der Waals surface area contributed by atoms with Crippen molar-refractivity contribution in [1.29, 1.82) is 0 Å². The van der Waals surface area contributed by atoms with Crippen molar-refractivity contribution >= 4 is 5.91 Å². The lowest BCUT2D eigenvalue weighted by molar-refractivity contribution is -0.130. The van der Waals surface area contributed by atoms with E-state index < -0.39 is 17.7 Å². The van der Waals surface area contributed by atoms with Gasteiger partial charge in [-0.3, -0.25) is 4.79 Å². The molecule has 5 nitrogen and oxygen atoms in total. The van der Waals surface area contributed by atoms with Crippen molar-refractivity contribution in [3.63, 3.8) is 0 Å². The first kappa shape index (κ1) is 16.4. The Kier molecular flexibility index (Phi) is 4.20. The van der Waals surface area contributed by atoms with Gasteiger partial charge in [0.05, 0.1) is 0 Å². The van der Waals surface area contributed by atoms with E-state index in [-0.39, 0.29) is 18.0 Å². The fourth-order valence-corrected chi connectivity index (χ4v) is 3.11. The number of carbonyl (C=O) groups excluding carboxylic acids is 1. The minimum atomic E-state index is -0.555. The maximum absolute atomic E-state index is 13.9. The normalized spacial score (nSPS) is 17.1. The van der Waals surface area contributed by atoms with Gasteiger partial charge in [0.1, 0.15) is 17.7 Å². The summed E-state index contributed by atoms with van der Waals surface area (Å²) < 4.78 is 32.7. The Bertz CT molecular complexity index is 943. The molecule has 4 rings (SSSR count). The highest BCUT2D eigenvalue weighted by atomic mass is 19.1. The van der Waals surface area contributed by atoms with E-state index in [1.807, 2.05) is 30.3 Å². The van der Waals surface area contributed by atoms with Crippen LogP contribution in [0.15, 0.2) is 53.1 Å². The zero-order valence-corrected chi connectivity index (χ0v) is 13.7. The van der Waals surface area contributed by atoms with Gasteiger partial charge in [-0.25, -0.2) is 8.78 Å². The zero-order chi connectivity index (χ0) is 18.1. The maximum Gasteiger partial charge on any atom is 0.249 e. The molecular formula is C19H15F2N3O2. The summed E-state index contributed by atoms with van der Waals surface area (Å²) in [6.07, 6.45) is 0.789. The van der Waals surface area contributed by atoms with Gasteiger partial charge in [-0.1, -0.05) is 35.5 Å². The molecule has 1 atom stereocenters. The SMILES string of the molecule is O=C1CCC(c2nc(-c3ccccc3)no2)N1Cc1cc(F)ccc1F. The van der Waals surface area contributed by atoms with E-state index in [0.717, 1.165) is 23.8 Å². The predicted molar refractivity (Wildman–Crippen MR) is 88.6 cm³/mol. The lowest BCUT2D eigenvalue weighted by Gasteiger charge is -2.22. The molecule has 1 saturated heterocycles. The van der Waals surface area contributed by atoms with E-state index in [4.69, 9.17) is 4.52 Å². The molecule has 1 unspecified atom stereocenters. The Labute approximate surface area is 148 Å². The van der Waals surface area contributed by atoms with Crippen molar-refractivity contribution in [1.82, 2.24) is 15.0 Å². The molecule has 7 heteroatoms. The molecule has 0 saturated carbocycles. The van der Waals surface area contributed by atoms with Crippen molar-refractivity contribution in [3.05, 3.63) is 71.6 Å². The van der Waals surface area contributed by atoms with Crippen molar-refractivity contribution in [3.8, 4) is 11.4 Å². The molecule has 1 aliphatic heterocycles. The van der Waals surface area contributed by atoms with Crippen LogP contribution in [0.2, 0.25) is 0 Å². The van der Waals surface area contributed by atoms with Gasteiger partial charge in [0, 0.05) is 24.1 Å². The van der Waals surface area contributed by atoms with Gasteiger partial charge in [0.2, 0.25) is 17.6 Å². The fourth-order valence-electron chi connectivity index (χ4n) is 3.11. The number of hydrogen-bond donors (Lipinski definition) is 0. The maximum atomic E-state index is 13.9. The summed E-state index contributed by atoms with van der Waals surface area (Å²) in [6, 6.07) is 12.1. The topological polar surface area (TPSA) is 59.2 Å². The molecule has 132 valence electrons. The molecule has 1 amide bonds. The Morgan fingerprint density at radius 3 is 2.77 bits per heavy atom. The number of rotatable bonds is 4. The number of hydrogen-bond acceptors (Lipinski definition) is 4. The highest BCUT2D eigenvalue weighted by Gasteiger charge is 2.36. The largest absolute Gasteiger partial charge is 0.337 e. The summed E-state index contributed by atoms with van der Waals surface area (Å²) in [5.41, 5.74) is 0.919. The molecule has 2 heterocycles. The number of benzene rings is 2. The van der Waals surface area contributed by atoms with Gasteiger partial charge in [-0.2, -0.15) is 4.98 Å². The van der Waals surface area contributed by atoms with Crippen LogP contribution in [0, 0.1) is 11.6 Å². The zero-order valence-electron chi connectivity index (χ0n) is 13.7. The van der Waals surface area contributed by atoms with Crippen LogP contribution in [0.4, 0.5) is 8.78 Å². The van der Waals surface area contributed by atoms with Crippen LogP contribution >= 0.6 is 0 Å². The van der Waals surface area contributed by atoms with E-state index >= 15 is 0 Å². The van der Waals surface area contributed by atoms with Crippen molar-refractivity contribution in [2.45, 2.75) is 25.4 Å². The fraction of sp³-hybridized carbons (Fsp3) is 0.211. The van der Waals surface area contributed by atoms with Gasteiger partial charge >= 0.3 is 0 Å². The van der Waals surface area contributed by atoms with Crippen LogP contribution < -0.4 is 0 Å². The van der Waals surface area contributed by atoms with Crippen molar-refractivity contribution in [2.75, 3.05) is 0 Å². The van der Waals surface area contributed by atoms with E-state index in [1.54, 1.807) is 0 Å². The third-order valence-corrected chi connectivity index (χ3v) is 4.44. The molecule has 1 fully saturated rings. The van der Waals surface area contributed by atoms with Gasteiger partial charge < -0.3 is 9.42 Å². The second kappa shape index (κ2) is 6.67. The number of amides is 1. The standard InChI is InChI=1S/C19H15F2N3O2/c20-14-6-7-15(21)13(10-14)11-24-16(8-9-17(24)25)19-22-18(23-26-19)12-4-2-1-3-5-12/h1-7,10,16H,8-9,11H2. The predicted octanol–water partition coefficient (Wildman–Crippen LogP) is 3.88. The van der Waals surface area contributed by atoms with Crippen molar-refractivity contribution in [2.24, 2.45) is 0 Å². The Morgan fingerprint density at radius 2 is 1.96 bits per heavy atom. The lowest BCUT2D eigenvalue weighted by Crippen LogP contribution is -2.27. The summed E-state index contributed by atoms with van der Waals surface area (Å²) in [5.74, 6) is -0.532. The van der Waals surface area contributed by atoms with Crippen LogP contribution in [-0.4, -0.2) is 20.9 Å². The second-order valence-electron chi connectivity index (χ2n) is 6.13. The van der Waals surface area contributed by atoms with Crippen LogP contribution in [-0.2, 0) is 11.3 Å². The number of halogens is 2. The molecule has 2 aromatic carbocycles. The quantitative estimate of drug-likeness (QED) is 0.713. The molecule has 0 bridgehead atoms. The van der Waals surface area contributed by atoms with E-state index in [2.05, 4.69) is 10.1 Å². The number of carbonyl (C=O) groups is 1. The lowest BCUT2D eigenvalue weighted by atomic mass is 10.1. The average molecular weight is 355 g/mol. The van der Waals surface area contributed by atoms with Gasteiger partial charge in [-0.15, -0.1) is 0 Å². The van der Waals surface area contributed by atoms with E-state index in [1.165, 1.54) is 4.90 Å². The molecule has 3 aromatic rings. The Morgan fingerprint density at radius 1 is 1.15 bits per heavy atom. The molecule has 26 heavy (non-hydrogen) atoms. The Hall–Kier alpha value is -3.09. The average Bonchev–Trinajstić information content (AvgIpc) is 3.27. The highest BCUT2D eigenvalue weighted by Crippen LogP contribution is 2.34. The first-order chi connectivity index (χ1) is 12.6. The highest BCUT2D eigenvalue weighted by molar-refractivity contribution is 5.78. The van der Waals surface area contributed by atoms with Gasteiger partial charge in [0.25, 0.3) is 0 Å². The minimum Gasteiger partial charge on any atom is -0.337 e. The van der Waals surface area contributed by atoms with E-state index in [9.17, 15) is 13.6 Å². The van der Waals surface area contributed by atoms with Crippen LogP contribution in [0.25, 0.3) is 11.4 Å². The third kappa shape index (κ3) is 3.08. The third-order valence-electron chi connectivity index (χ3n) is 4.44. The number of aromatic nitrogens is 2. The summed E-state index contributed by atoms with van der Waals surface area (Å²) in [6.45, 7) is -0.0455. The molecule has 0 spiro atoms. The smallest absolute Gasteiger partial charge is 0.249 e. The summed E-state index contributed by atoms with van der Waals surface area (Å²) in [7, 11) is 0. The molecule has 1 aromatic heterocycles. The van der Waals surface area contributed by atoms with Crippen LogP contribution in [0.5, 0.6) is 0 Å². The second-order valence-corrected chi connectivity index (χ2v) is 6.13. The minimum absolute atomic E-state index is 0.0455. The molecule has 0 radical (unpaired) electrons. The summed E-state index contributed by atoms with van der Waals surface area (Å²) in [5, 5.41) is 3.97. The van der Waals surface area contributed by atoms with E-state index in [0.29, 0.717) is 24.6 Å². The number of nitrogens with zero attached hydrogens (tertiary/aromatic N) is 3. The molecular weight excluding hydrogens is 340 g/mol. The summed E-state index contributed by atoms with van der Waals surface area (Å²) >= 11 is 0. The number of likely N-dealkylation sites (tertiary alicyclic amines) is 1. The van der Waals surface area contributed by atoms with Gasteiger partial charge in [-0.05, 0) is 24.6 Å². The van der Waals surface area contributed by atoms with Crippen molar-refractivity contribution < 1.29 is 18.1 Å². The van der Waals surface area contributed by atoms with Crippen LogP contribution in [0.3, 0.4) is 0 Å². The molecule has 1 aliphatic rings. The molecule has 0 aliphatic carbocycles. The Balaban J connectivity index is 1.61.